The standard InChI is InChI=1S/C20H27N5O2.ClH/c1-15(16-4-2-9-21-13-16)12-19(26)22-14-20(27)24-17-5-7-18(8-6-17)25-11-3-10-23-25;/h3,5-8,10-11,15-16,21H,2,4,9,12-14H2,1H3,(H,22,26)(H,24,27);1H. The molecule has 3 N–H and O–H groups in total. The Balaban J connectivity index is 0.00000280. The fourth-order valence-electron chi connectivity index (χ4n) is 3.40. The Hall–Kier alpha value is -2.38. The molecule has 2 atom stereocenters. The maximum absolute atomic E-state index is 12.1. The molecule has 0 saturated carbocycles. The zero-order chi connectivity index (χ0) is 19.1. The SMILES string of the molecule is CC(CC(=O)NCC(=O)Nc1ccc(-n2cccn2)cc1)C1CCCNC1.Cl. The number of carbonyl (C=O) groups excluding carboxylic acids is 2. The molecule has 8 heteroatoms. The van der Waals surface area contributed by atoms with E-state index in [-0.39, 0.29) is 30.8 Å². The normalized spacial score (nSPS) is 17.2. The lowest BCUT2D eigenvalue weighted by atomic mass is 9.85. The first-order valence-electron chi connectivity index (χ1n) is 9.49. The van der Waals surface area contributed by atoms with Crippen molar-refractivity contribution in [2.45, 2.75) is 26.2 Å². The van der Waals surface area contributed by atoms with E-state index in [2.05, 4.69) is 28.0 Å². The molecule has 3 rings (SSSR count). The van der Waals surface area contributed by atoms with Gasteiger partial charge < -0.3 is 16.0 Å². The molecule has 2 amide bonds. The second kappa shape index (κ2) is 10.8. The van der Waals surface area contributed by atoms with E-state index in [1.807, 2.05) is 36.5 Å². The molecule has 2 heterocycles. The first-order chi connectivity index (χ1) is 13.1. The van der Waals surface area contributed by atoms with Gasteiger partial charge in [0, 0.05) is 24.5 Å². The second-order valence-electron chi connectivity index (χ2n) is 7.11. The van der Waals surface area contributed by atoms with Crippen molar-refractivity contribution in [3.05, 3.63) is 42.7 Å². The van der Waals surface area contributed by atoms with E-state index in [0.717, 1.165) is 31.6 Å². The number of aromatic nitrogens is 2. The van der Waals surface area contributed by atoms with E-state index in [0.29, 0.717) is 23.9 Å². The Labute approximate surface area is 171 Å². The van der Waals surface area contributed by atoms with Crippen LogP contribution in [0.4, 0.5) is 5.69 Å². The third kappa shape index (κ3) is 6.35. The number of carbonyl (C=O) groups is 2. The first kappa shape index (κ1) is 21.9. The molecule has 0 aliphatic carbocycles. The molecule has 1 aliphatic rings. The van der Waals surface area contributed by atoms with Crippen molar-refractivity contribution < 1.29 is 9.59 Å². The summed E-state index contributed by atoms with van der Waals surface area (Å²) in [4.78, 5) is 24.2. The van der Waals surface area contributed by atoms with Crippen LogP contribution in [0.15, 0.2) is 42.7 Å². The van der Waals surface area contributed by atoms with Crippen molar-refractivity contribution in [2.75, 3.05) is 25.0 Å². The summed E-state index contributed by atoms with van der Waals surface area (Å²) in [7, 11) is 0. The number of amides is 2. The average Bonchev–Trinajstić information content (AvgIpc) is 3.22. The van der Waals surface area contributed by atoms with Gasteiger partial charge in [0.1, 0.15) is 0 Å². The number of hydrogen-bond donors (Lipinski definition) is 3. The van der Waals surface area contributed by atoms with Gasteiger partial charge in [-0.2, -0.15) is 5.10 Å². The van der Waals surface area contributed by atoms with Crippen LogP contribution in [0.5, 0.6) is 0 Å². The summed E-state index contributed by atoms with van der Waals surface area (Å²) in [6, 6.07) is 9.23. The predicted molar refractivity (Wildman–Crippen MR) is 112 cm³/mol. The van der Waals surface area contributed by atoms with E-state index in [9.17, 15) is 9.59 Å². The molecular weight excluding hydrogens is 378 g/mol. The molecule has 28 heavy (non-hydrogen) atoms. The molecule has 152 valence electrons. The first-order valence-corrected chi connectivity index (χ1v) is 9.49. The number of halogens is 1. The van der Waals surface area contributed by atoms with Gasteiger partial charge in [-0.05, 0) is 68.1 Å². The summed E-state index contributed by atoms with van der Waals surface area (Å²) >= 11 is 0. The van der Waals surface area contributed by atoms with E-state index in [4.69, 9.17) is 0 Å². The minimum Gasteiger partial charge on any atom is -0.347 e. The number of hydrogen-bond acceptors (Lipinski definition) is 4. The minimum absolute atomic E-state index is 0. The van der Waals surface area contributed by atoms with Crippen molar-refractivity contribution in [3.63, 3.8) is 0 Å². The van der Waals surface area contributed by atoms with Crippen LogP contribution in [-0.4, -0.2) is 41.2 Å². The predicted octanol–water partition coefficient (Wildman–Crippen LogP) is 2.37. The van der Waals surface area contributed by atoms with Gasteiger partial charge in [-0.25, -0.2) is 4.68 Å². The lowest BCUT2D eigenvalue weighted by molar-refractivity contribution is -0.125. The van der Waals surface area contributed by atoms with Gasteiger partial charge in [-0.15, -0.1) is 12.4 Å². The van der Waals surface area contributed by atoms with Crippen LogP contribution in [0.1, 0.15) is 26.2 Å². The minimum atomic E-state index is -0.234. The van der Waals surface area contributed by atoms with Crippen LogP contribution >= 0.6 is 12.4 Å². The molecule has 1 fully saturated rings. The topological polar surface area (TPSA) is 88.1 Å². The number of benzene rings is 1. The summed E-state index contributed by atoms with van der Waals surface area (Å²) in [5.74, 6) is 0.543. The summed E-state index contributed by atoms with van der Waals surface area (Å²) < 4.78 is 1.74. The fourth-order valence-corrected chi connectivity index (χ4v) is 3.40. The number of piperidine rings is 1. The quantitative estimate of drug-likeness (QED) is 0.659. The molecule has 2 unspecified atom stereocenters. The maximum atomic E-state index is 12.1. The van der Waals surface area contributed by atoms with E-state index < -0.39 is 0 Å². The largest absolute Gasteiger partial charge is 0.347 e. The molecule has 0 spiro atoms. The van der Waals surface area contributed by atoms with Crippen molar-refractivity contribution in [1.29, 1.82) is 0 Å². The highest BCUT2D eigenvalue weighted by atomic mass is 35.5. The molecule has 0 radical (unpaired) electrons. The highest BCUT2D eigenvalue weighted by Gasteiger charge is 2.22. The van der Waals surface area contributed by atoms with Crippen molar-refractivity contribution in [1.82, 2.24) is 20.4 Å². The fraction of sp³-hybridized carbons (Fsp3) is 0.450. The zero-order valence-corrected chi connectivity index (χ0v) is 16.9. The lowest BCUT2D eigenvalue weighted by Crippen LogP contribution is -2.37. The monoisotopic (exact) mass is 405 g/mol. The van der Waals surface area contributed by atoms with Crippen LogP contribution in [0, 0.1) is 11.8 Å². The summed E-state index contributed by atoms with van der Waals surface area (Å²) in [6.07, 6.45) is 6.35. The average molecular weight is 406 g/mol. The van der Waals surface area contributed by atoms with Crippen molar-refractivity contribution >= 4 is 29.9 Å². The number of anilines is 1. The number of rotatable bonds is 7. The maximum Gasteiger partial charge on any atom is 0.243 e. The Morgan fingerprint density at radius 2 is 2.07 bits per heavy atom. The van der Waals surface area contributed by atoms with E-state index in [1.54, 1.807) is 10.9 Å². The second-order valence-corrected chi connectivity index (χ2v) is 7.11. The van der Waals surface area contributed by atoms with Gasteiger partial charge in [-0.1, -0.05) is 6.92 Å². The smallest absolute Gasteiger partial charge is 0.243 e. The van der Waals surface area contributed by atoms with Gasteiger partial charge in [0.2, 0.25) is 11.8 Å². The van der Waals surface area contributed by atoms with Gasteiger partial charge in [0.25, 0.3) is 0 Å². The van der Waals surface area contributed by atoms with Gasteiger partial charge >= 0.3 is 0 Å². The molecular formula is C20H28ClN5O2. The van der Waals surface area contributed by atoms with E-state index in [1.165, 1.54) is 0 Å². The molecule has 1 aromatic heterocycles. The van der Waals surface area contributed by atoms with Crippen molar-refractivity contribution in [3.8, 4) is 5.69 Å². The van der Waals surface area contributed by atoms with Gasteiger partial charge in [-0.3, -0.25) is 9.59 Å². The molecule has 1 saturated heterocycles. The third-order valence-electron chi connectivity index (χ3n) is 5.01. The van der Waals surface area contributed by atoms with Crippen molar-refractivity contribution in [2.24, 2.45) is 11.8 Å². The Kier molecular flexibility index (Phi) is 8.47. The molecule has 0 bridgehead atoms. The number of nitrogens with one attached hydrogen (secondary N) is 3. The van der Waals surface area contributed by atoms with Crippen LogP contribution in [-0.2, 0) is 9.59 Å². The third-order valence-corrected chi connectivity index (χ3v) is 5.01. The van der Waals surface area contributed by atoms with Crippen LogP contribution in [0.25, 0.3) is 5.69 Å². The summed E-state index contributed by atoms with van der Waals surface area (Å²) in [5.41, 5.74) is 1.60. The number of nitrogens with zero attached hydrogens (tertiary/aromatic N) is 2. The summed E-state index contributed by atoms with van der Waals surface area (Å²) in [6.45, 7) is 4.13. The molecule has 2 aromatic rings. The molecule has 1 aliphatic heterocycles. The highest BCUT2D eigenvalue weighted by molar-refractivity contribution is 5.94. The Morgan fingerprint density at radius 1 is 1.29 bits per heavy atom. The van der Waals surface area contributed by atoms with Crippen LogP contribution in [0.3, 0.4) is 0 Å². The Morgan fingerprint density at radius 3 is 2.71 bits per heavy atom. The van der Waals surface area contributed by atoms with Gasteiger partial charge in [0.05, 0.1) is 12.2 Å². The molecule has 1 aromatic carbocycles. The molecule has 7 nitrogen and oxygen atoms in total. The summed E-state index contributed by atoms with van der Waals surface area (Å²) in [5, 5.41) is 13.1. The van der Waals surface area contributed by atoms with Crippen LogP contribution in [0.2, 0.25) is 0 Å². The highest BCUT2D eigenvalue weighted by Crippen LogP contribution is 2.22. The van der Waals surface area contributed by atoms with Gasteiger partial charge in [0.15, 0.2) is 0 Å². The lowest BCUT2D eigenvalue weighted by Gasteiger charge is -2.27. The zero-order valence-electron chi connectivity index (χ0n) is 16.1. The Bertz CT molecular complexity index is 742. The van der Waals surface area contributed by atoms with E-state index >= 15 is 0 Å². The van der Waals surface area contributed by atoms with Crippen LogP contribution < -0.4 is 16.0 Å².